The van der Waals surface area contributed by atoms with Gasteiger partial charge in [0.05, 0.1) is 6.61 Å². The third-order valence-electron chi connectivity index (χ3n) is 0.990. The van der Waals surface area contributed by atoms with Crippen LogP contribution in [-0.4, -0.2) is 19.7 Å². The van der Waals surface area contributed by atoms with E-state index >= 15 is 0 Å². The van der Waals surface area contributed by atoms with Gasteiger partial charge in [-0.15, -0.1) is 6.58 Å². The van der Waals surface area contributed by atoms with E-state index in [0.717, 1.165) is 12.8 Å². The third-order valence-corrected chi connectivity index (χ3v) is 0.990. The zero-order valence-corrected chi connectivity index (χ0v) is 6.22. The summed E-state index contributed by atoms with van der Waals surface area (Å²) in [5.74, 6) is 0. The van der Waals surface area contributed by atoms with E-state index in [0.29, 0.717) is 6.61 Å². The van der Waals surface area contributed by atoms with Crippen LogP contribution in [0.15, 0.2) is 12.7 Å². The molecule has 0 aliphatic rings. The van der Waals surface area contributed by atoms with Gasteiger partial charge in [-0.1, -0.05) is 6.08 Å². The summed E-state index contributed by atoms with van der Waals surface area (Å²) in [6, 6.07) is 0. The first-order chi connectivity index (χ1) is 4.81. The molecule has 10 heavy (non-hydrogen) atoms. The zero-order chi connectivity index (χ0) is 7.82. The summed E-state index contributed by atoms with van der Waals surface area (Å²) in [7, 11) is 1.54. The van der Waals surface area contributed by atoms with Crippen molar-refractivity contribution in [2.24, 2.45) is 0 Å². The molecule has 0 aliphatic carbocycles. The molecule has 3 nitrogen and oxygen atoms in total. The first-order valence-corrected chi connectivity index (χ1v) is 3.26. The summed E-state index contributed by atoms with van der Waals surface area (Å²) in [6.45, 7) is 4.01. The van der Waals surface area contributed by atoms with E-state index in [2.05, 4.69) is 11.9 Å². The Bertz CT molecular complexity index is 117. The van der Waals surface area contributed by atoms with E-state index < -0.39 is 0 Å². The summed E-state index contributed by atoms with van der Waals surface area (Å²) in [5, 5.41) is 2.35. The molecule has 0 aromatic heterocycles. The number of ether oxygens (including phenoxy) is 1. The zero-order valence-electron chi connectivity index (χ0n) is 6.22. The molecule has 0 aromatic carbocycles. The first-order valence-electron chi connectivity index (χ1n) is 3.26. The Kier molecular flexibility index (Phi) is 5.53. The fraction of sp³-hybridized carbons (Fsp3) is 0.571. The fourth-order valence-corrected chi connectivity index (χ4v) is 0.465. The monoisotopic (exact) mass is 145 g/mol. The number of allylic oxidation sites excluding steroid dienone is 1. The molecule has 0 rings (SSSR count). The van der Waals surface area contributed by atoms with E-state index in [1.165, 1.54) is 7.05 Å². The normalized spacial score (nSPS) is 8.50. The number of hydrogen-bond acceptors (Lipinski definition) is 2. The topological polar surface area (TPSA) is 38.3 Å². The average molecular weight is 145 g/mol. The van der Waals surface area contributed by atoms with Crippen LogP contribution in [-0.2, 0) is 4.74 Å². The van der Waals surface area contributed by atoms with Crippen molar-refractivity contribution in [1.29, 1.82) is 0 Å². The molecule has 0 radical (unpaired) electrons. The summed E-state index contributed by atoms with van der Waals surface area (Å²) < 4.78 is 4.70. The smallest absolute Gasteiger partial charge is 0.406 e. The molecule has 0 bridgehead atoms. The minimum absolute atomic E-state index is 0. The number of amides is 1. The molecule has 0 fully saturated rings. The van der Waals surface area contributed by atoms with E-state index in [9.17, 15) is 4.79 Å². The highest BCUT2D eigenvalue weighted by Crippen LogP contribution is 1.89. The van der Waals surface area contributed by atoms with Gasteiger partial charge in [0.15, 0.2) is 0 Å². The molecular formula is C7H15NO2. The second kappa shape index (κ2) is 6.13. The molecule has 0 aromatic rings. The number of alkyl carbamates (subject to hydrolysis) is 1. The van der Waals surface area contributed by atoms with Gasteiger partial charge in [-0.05, 0) is 12.8 Å². The molecular weight excluding hydrogens is 130 g/mol. The van der Waals surface area contributed by atoms with Gasteiger partial charge in [0, 0.05) is 8.47 Å². The number of carbonyl (C=O) groups excluding carboxylic acids is 1. The number of carbonyl (C=O) groups is 1. The van der Waals surface area contributed by atoms with Crippen molar-refractivity contribution in [1.82, 2.24) is 5.32 Å². The van der Waals surface area contributed by atoms with Gasteiger partial charge in [0.2, 0.25) is 0 Å². The highest BCUT2D eigenvalue weighted by molar-refractivity contribution is 5.66. The Morgan fingerprint density at radius 2 is 2.60 bits per heavy atom. The van der Waals surface area contributed by atoms with Crippen LogP contribution < -0.4 is 5.32 Å². The Morgan fingerprint density at radius 3 is 3.10 bits per heavy atom. The van der Waals surface area contributed by atoms with Gasteiger partial charge in [0.25, 0.3) is 0 Å². The molecule has 0 heterocycles. The molecule has 0 unspecified atom stereocenters. The highest BCUT2D eigenvalue weighted by atomic mass is 16.5. The van der Waals surface area contributed by atoms with Crippen LogP contribution in [0.4, 0.5) is 4.79 Å². The van der Waals surface area contributed by atoms with Crippen LogP contribution >= 0.6 is 0 Å². The highest BCUT2D eigenvalue weighted by Gasteiger charge is 1.93. The predicted octanol–water partition coefficient (Wildman–Crippen LogP) is 1.55. The molecule has 0 saturated heterocycles. The van der Waals surface area contributed by atoms with Crippen molar-refractivity contribution in [3.8, 4) is 0 Å². The molecule has 60 valence electrons. The third kappa shape index (κ3) is 5.15. The van der Waals surface area contributed by atoms with Crippen LogP contribution in [0.2, 0.25) is 0 Å². The Labute approximate surface area is 62.5 Å². The molecule has 0 atom stereocenters. The van der Waals surface area contributed by atoms with E-state index in [4.69, 9.17) is 4.74 Å². The molecule has 0 saturated carbocycles. The van der Waals surface area contributed by atoms with Gasteiger partial charge < -0.3 is 10.1 Å². The van der Waals surface area contributed by atoms with Crippen LogP contribution in [0.5, 0.6) is 0 Å². The van der Waals surface area contributed by atoms with Crippen molar-refractivity contribution >= 4 is 6.09 Å². The van der Waals surface area contributed by atoms with E-state index in [-0.39, 0.29) is 7.52 Å². The van der Waals surface area contributed by atoms with Crippen molar-refractivity contribution in [2.45, 2.75) is 12.8 Å². The SMILES string of the molecule is C=CCCCOC(=O)NC.[HH]. The lowest BCUT2D eigenvalue weighted by molar-refractivity contribution is 0.147. The maximum Gasteiger partial charge on any atom is 0.406 e. The minimum Gasteiger partial charge on any atom is -0.450 e. The summed E-state index contributed by atoms with van der Waals surface area (Å²) in [4.78, 5) is 10.4. The van der Waals surface area contributed by atoms with Gasteiger partial charge in [-0.25, -0.2) is 4.79 Å². The maximum atomic E-state index is 10.4. The van der Waals surface area contributed by atoms with Crippen molar-refractivity contribution in [3.63, 3.8) is 0 Å². The molecule has 1 amide bonds. The van der Waals surface area contributed by atoms with Gasteiger partial charge in [-0.3, -0.25) is 0 Å². The lowest BCUT2D eigenvalue weighted by Gasteiger charge is -2.00. The Balaban J connectivity index is 0. The van der Waals surface area contributed by atoms with Gasteiger partial charge in [0.1, 0.15) is 0 Å². The predicted molar refractivity (Wildman–Crippen MR) is 42.0 cm³/mol. The van der Waals surface area contributed by atoms with E-state index in [1.54, 1.807) is 6.08 Å². The molecule has 0 aliphatic heterocycles. The fourth-order valence-electron chi connectivity index (χ4n) is 0.465. The molecule has 1 N–H and O–H groups in total. The Morgan fingerprint density at radius 1 is 1.90 bits per heavy atom. The van der Waals surface area contributed by atoms with Crippen LogP contribution in [0.25, 0.3) is 0 Å². The maximum absolute atomic E-state index is 10.4. The number of unbranched alkanes of at least 4 members (excludes halogenated alkanes) is 1. The van der Waals surface area contributed by atoms with Crippen molar-refractivity contribution < 1.29 is 11.0 Å². The standard InChI is InChI=1S/C7H13NO2.H2/c1-3-4-5-6-10-7(9)8-2;/h3H,1,4-6H2,2H3,(H,8,9);1H. The molecule has 0 spiro atoms. The molecule has 3 heteroatoms. The van der Waals surface area contributed by atoms with Crippen molar-refractivity contribution in [3.05, 3.63) is 12.7 Å². The summed E-state index contributed by atoms with van der Waals surface area (Å²) in [5.41, 5.74) is 0. The lowest BCUT2D eigenvalue weighted by Crippen LogP contribution is -2.19. The summed E-state index contributed by atoms with van der Waals surface area (Å²) in [6.07, 6.45) is 3.16. The van der Waals surface area contributed by atoms with Crippen molar-refractivity contribution in [2.75, 3.05) is 13.7 Å². The Hall–Kier alpha value is -0.990. The van der Waals surface area contributed by atoms with Crippen LogP contribution in [0.1, 0.15) is 14.3 Å². The first kappa shape index (κ1) is 9.01. The van der Waals surface area contributed by atoms with E-state index in [1.807, 2.05) is 0 Å². The summed E-state index contributed by atoms with van der Waals surface area (Å²) >= 11 is 0. The lowest BCUT2D eigenvalue weighted by atomic mass is 10.3. The quantitative estimate of drug-likeness (QED) is 0.481. The van der Waals surface area contributed by atoms with Crippen LogP contribution in [0.3, 0.4) is 0 Å². The average Bonchev–Trinajstić information content (AvgIpc) is 1.98. The van der Waals surface area contributed by atoms with Crippen LogP contribution in [0, 0.1) is 0 Å². The largest absolute Gasteiger partial charge is 0.450 e. The van der Waals surface area contributed by atoms with Gasteiger partial charge >= 0.3 is 6.09 Å². The number of hydrogen-bond donors (Lipinski definition) is 1. The second-order valence-corrected chi connectivity index (χ2v) is 1.82. The number of nitrogens with one attached hydrogen (secondary N) is 1. The number of rotatable bonds is 4. The minimum atomic E-state index is -0.371. The second-order valence-electron chi connectivity index (χ2n) is 1.82. The van der Waals surface area contributed by atoms with Gasteiger partial charge in [-0.2, -0.15) is 0 Å².